The molecule has 3 aromatic heterocycles. The molecule has 0 saturated heterocycles. The maximum atomic E-state index is 13.7. The van der Waals surface area contributed by atoms with Gasteiger partial charge in [-0.1, -0.05) is 19.0 Å². The van der Waals surface area contributed by atoms with Crippen molar-refractivity contribution in [3.8, 4) is 5.82 Å². The molecule has 0 spiro atoms. The molecule has 0 aromatic carbocycles. The second-order valence-corrected chi connectivity index (χ2v) is 10.9. The maximum Gasteiger partial charge on any atom is 0.435 e. The molecule has 1 aliphatic carbocycles. The molecule has 3 heterocycles. The van der Waals surface area contributed by atoms with Crippen LogP contribution in [0.1, 0.15) is 47.8 Å². The lowest BCUT2D eigenvalue weighted by Gasteiger charge is -2.28. The highest BCUT2D eigenvalue weighted by Crippen LogP contribution is 2.32. The van der Waals surface area contributed by atoms with Gasteiger partial charge in [-0.05, 0) is 44.0 Å². The third kappa shape index (κ3) is 7.63. The van der Waals surface area contributed by atoms with Crippen LogP contribution in [0.2, 0.25) is 5.02 Å². The minimum absolute atomic E-state index is 0. The number of hydrogen-bond donors (Lipinski definition) is 2. The number of allylic oxidation sites excluding steroid dienone is 1. The normalized spacial score (nSPS) is 16.7. The summed E-state index contributed by atoms with van der Waals surface area (Å²) in [5, 5.41) is 10.1. The van der Waals surface area contributed by atoms with Crippen LogP contribution in [0.4, 0.5) is 18.0 Å². The molecule has 2 atom stereocenters. The fourth-order valence-electron chi connectivity index (χ4n) is 4.23. The Morgan fingerprint density at radius 3 is 2.50 bits per heavy atom. The van der Waals surface area contributed by atoms with Crippen LogP contribution in [0.15, 0.2) is 41.7 Å². The Bertz CT molecular complexity index is 1590. The van der Waals surface area contributed by atoms with E-state index in [0.29, 0.717) is 0 Å². The molecule has 0 fully saturated rings. The highest BCUT2D eigenvalue weighted by molar-refractivity contribution is 6.32. The molecule has 2 unspecified atom stereocenters. The van der Waals surface area contributed by atoms with Crippen molar-refractivity contribution in [3.05, 3.63) is 69.5 Å². The quantitative estimate of drug-likeness (QED) is 0.281. The minimum atomic E-state index is -4.65. The van der Waals surface area contributed by atoms with Gasteiger partial charge in [-0.3, -0.25) is 19.7 Å². The monoisotopic (exact) mass is 678 g/mol. The van der Waals surface area contributed by atoms with E-state index in [-0.39, 0.29) is 66.0 Å². The van der Waals surface area contributed by atoms with Crippen LogP contribution in [0.3, 0.4) is 0 Å². The first-order valence-electron chi connectivity index (χ1n) is 12.5. The fraction of sp³-hybridized carbons (Fsp3) is 0.385. The van der Waals surface area contributed by atoms with Crippen LogP contribution >= 0.6 is 34.8 Å². The average molecular weight is 680 g/mol. The molecule has 44 heavy (non-hydrogen) atoms. The number of amides is 3. The van der Waals surface area contributed by atoms with E-state index in [1.165, 1.54) is 32.3 Å². The summed E-state index contributed by atoms with van der Waals surface area (Å²) in [4.78, 5) is 42.7. The maximum absolute atomic E-state index is 13.7. The Labute approximate surface area is 265 Å². The van der Waals surface area contributed by atoms with Gasteiger partial charge in [0.25, 0.3) is 11.8 Å². The van der Waals surface area contributed by atoms with Crippen molar-refractivity contribution in [2.45, 2.75) is 50.7 Å². The summed E-state index contributed by atoms with van der Waals surface area (Å²) in [7, 11) is 2.39. The summed E-state index contributed by atoms with van der Waals surface area (Å²) in [6.07, 6.45) is -3.86. The molecule has 0 saturated carbocycles. The largest absolute Gasteiger partial charge is 0.452 e. The molecule has 4 rings (SSSR count). The third-order valence-corrected chi connectivity index (χ3v) is 7.31. The first-order valence-corrected chi connectivity index (χ1v) is 13.7. The minimum Gasteiger partial charge on any atom is -0.452 e. The number of aryl methyl sites for hydroxylation is 1. The van der Waals surface area contributed by atoms with E-state index < -0.39 is 40.5 Å². The number of alkyl halides is 5. The zero-order valence-corrected chi connectivity index (χ0v) is 25.0. The lowest BCUT2D eigenvalue weighted by atomic mass is 9.94. The molecular weight excluding hydrogens is 652 g/mol. The average Bonchev–Trinajstić information content (AvgIpc) is 3.53. The molecule has 0 radical (unpaired) electrons. The van der Waals surface area contributed by atoms with Crippen molar-refractivity contribution >= 4 is 52.7 Å². The number of nitrogens with zero attached hydrogens (tertiary/aromatic N) is 6. The lowest BCUT2D eigenvalue weighted by molar-refractivity contribution is -0.141. The van der Waals surface area contributed by atoms with Gasteiger partial charge in [-0.2, -0.15) is 23.4 Å². The number of nitrogens with one attached hydrogen (secondary N) is 2. The van der Waals surface area contributed by atoms with E-state index in [1.807, 2.05) is 0 Å². The van der Waals surface area contributed by atoms with Crippen LogP contribution in [-0.2, 0) is 22.3 Å². The molecule has 12 nitrogen and oxygen atoms in total. The first-order chi connectivity index (χ1) is 20.2. The van der Waals surface area contributed by atoms with Crippen molar-refractivity contribution in [2.75, 3.05) is 14.2 Å². The number of rotatable bonds is 6. The predicted molar refractivity (Wildman–Crippen MR) is 155 cm³/mol. The lowest BCUT2D eigenvalue weighted by Crippen LogP contribution is -2.46. The fourth-order valence-corrected chi connectivity index (χ4v) is 5.26. The summed E-state index contributed by atoms with van der Waals surface area (Å²) < 4.78 is 46.4. The Hall–Kier alpha value is -3.82. The Morgan fingerprint density at radius 1 is 1.18 bits per heavy atom. The van der Waals surface area contributed by atoms with E-state index >= 15 is 0 Å². The molecule has 0 bridgehead atoms. The summed E-state index contributed by atoms with van der Waals surface area (Å²) in [5.41, 5.74) is 1.57. The van der Waals surface area contributed by atoms with Gasteiger partial charge in [0.05, 0.1) is 29.7 Å². The van der Waals surface area contributed by atoms with Gasteiger partial charge in [0, 0.05) is 35.6 Å². The van der Waals surface area contributed by atoms with Gasteiger partial charge in [0.1, 0.15) is 5.69 Å². The predicted octanol–water partition coefficient (Wildman–Crippen LogP) is 4.85. The van der Waals surface area contributed by atoms with Crippen molar-refractivity contribution < 1.29 is 32.3 Å². The van der Waals surface area contributed by atoms with Crippen LogP contribution in [0, 0.1) is 6.92 Å². The third-order valence-electron chi connectivity index (χ3n) is 6.28. The standard InChI is InChI=1S/C25H24Cl3F3N8O4.CH4/c1-12-7-19(25(29,30)31)35-38(12)11-14-10-18(39(34-14)21-16(27)5-4-6-32-21)23(41)33-20-15(8-13(26)9-17(20)28)22(40)36-37(2)24(42)43-3;/h4-7,10,13,17H,8-9,11H2,1-3H3,(H,33,41)(H,36,40);1H4. The molecule has 0 aliphatic heterocycles. The van der Waals surface area contributed by atoms with E-state index in [4.69, 9.17) is 34.8 Å². The summed E-state index contributed by atoms with van der Waals surface area (Å²) in [5.74, 6) is -1.48. The number of carbonyl (C=O) groups excluding carboxylic acids is 3. The number of methoxy groups -OCH3 is 1. The van der Waals surface area contributed by atoms with E-state index in [0.717, 1.165) is 27.5 Å². The van der Waals surface area contributed by atoms with E-state index in [1.54, 1.807) is 6.07 Å². The van der Waals surface area contributed by atoms with Gasteiger partial charge in [-0.25, -0.2) is 19.5 Å². The van der Waals surface area contributed by atoms with Crippen molar-refractivity contribution in [3.63, 3.8) is 0 Å². The van der Waals surface area contributed by atoms with Crippen molar-refractivity contribution in [1.29, 1.82) is 0 Å². The van der Waals surface area contributed by atoms with Gasteiger partial charge in [0.15, 0.2) is 11.5 Å². The second-order valence-electron chi connectivity index (χ2n) is 9.39. The zero-order chi connectivity index (χ0) is 31.6. The molecule has 238 valence electrons. The van der Waals surface area contributed by atoms with Crippen LogP contribution in [0.5, 0.6) is 0 Å². The number of carbonyl (C=O) groups is 3. The van der Waals surface area contributed by atoms with E-state index in [9.17, 15) is 27.6 Å². The topological polar surface area (TPSA) is 136 Å². The molecule has 3 aromatic rings. The highest BCUT2D eigenvalue weighted by atomic mass is 35.5. The number of halogens is 6. The Kier molecular flexibility index (Phi) is 10.9. The Balaban J connectivity index is 0.00000529. The number of ether oxygens (including phenoxy) is 1. The molecule has 18 heteroatoms. The van der Waals surface area contributed by atoms with Crippen molar-refractivity contribution in [1.82, 2.24) is 40.3 Å². The number of hydrogen-bond acceptors (Lipinski definition) is 7. The molecule has 1 aliphatic rings. The van der Waals surface area contributed by atoms with Gasteiger partial charge < -0.3 is 10.1 Å². The number of aromatic nitrogens is 5. The van der Waals surface area contributed by atoms with Crippen LogP contribution < -0.4 is 10.7 Å². The van der Waals surface area contributed by atoms with Gasteiger partial charge in [-0.15, -0.1) is 23.2 Å². The number of hydrazine groups is 1. The molecular formula is C26H28Cl3F3N8O4. The van der Waals surface area contributed by atoms with Gasteiger partial charge in [0.2, 0.25) is 0 Å². The van der Waals surface area contributed by atoms with Crippen molar-refractivity contribution in [2.24, 2.45) is 0 Å². The summed E-state index contributed by atoms with van der Waals surface area (Å²) in [6.45, 7) is 1.23. The molecule has 2 N–H and O–H groups in total. The second kappa shape index (κ2) is 13.9. The molecule has 3 amide bonds. The van der Waals surface area contributed by atoms with Gasteiger partial charge >= 0.3 is 12.3 Å². The van der Waals surface area contributed by atoms with Crippen LogP contribution in [0.25, 0.3) is 5.82 Å². The Morgan fingerprint density at radius 2 is 1.89 bits per heavy atom. The summed E-state index contributed by atoms with van der Waals surface area (Å²) >= 11 is 19.2. The zero-order valence-electron chi connectivity index (χ0n) is 22.7. The first kappa shape index (κ1) is 34.7. The van der Waals surface area contributed by atoms with Crippen LogP contribution in [-0.4, -0.2) is 72.4 Å². The highest BCUT2D eigenvalue weighted by Gasteiger charge is 2.35. The smallest absolute Gasteiger partial charge is 0.435 e. The van der Waals surface area contributed by atoms with E-state index in [2.05, 4.69) is 30.7 Å². The summed E-state index contributed by atoms with van der Waals surface area (Å²) in [6, 6.07) is 5.30. The SMILES string of the molecule is C.COC(=O)N(C)NC(=O)C1=C(NC(=O)c2cc(Cn3nc(C(F)(F)F)cc3C)nn2-c2ncccc2Cl)C(Cl)CC(Cl)C1. The number of pyridine rings is 1.